The minimum atomic E-state index is -3.80. The van der Waals surface area contributed by atoms with Gasteiger partial charge in [-0.15, -0.1) is 0 Å². The molecule has 35 heavy (non-hydrogen) atoms. The van der Waals surface area contributed by atoms with Gasteiger partial charge in [-0.1, -0.05) is 65.1 Å². The monoisotopic (exact) mass is 605 g/mol. The number of nitrogens with one attached hydrogen (secondary N) is 1. The van der Waals surface area contributed by atoms with Crippen molar-refractivity contribution in [3.05, 3.63) is 62.5 Å². The Hall–Kier alpha value is -1.81. The van der Waals surface area contributed by atoms with Crippen LogP contribution in [0.3, 0.4) is 0 Å². The number of hydrogen-bond acceptors (Lipinski definition) is 4. The first-order chi connectivity index (χ1) is 16.4. The van der Waals surface area contributed by atoms with Crippen LogP contribution in [0.5, 0.6) is 0 Å². The summed E-state index contributed by atoms with van der Waals surface area (Å²) in [6, 6.07) is 10.6. The van der Waals surface area contributed by atoms with Crippen molar-refractivity contribution >= 4 is 66.7 Å². The van der Waals surface area contributed by atoms with Crippen molar-refractivity contribution in [2.45, 2.75) is 52.2 Å². The van der Waals surface area contributed by atoms with Gasteiger partial charge in [0.1, 0.15) is 12.6 Å². The summed E-state index contributed by atoms with van der Waals surface area (Å²) in [5.41, 5.74) is 0.921. The highest BCUT2D eigenvalue weighted by Crippen LogP contribution is 2.26. The maximum absolute atomic E-state index is 13.7. The van der Waals surface area contributed by atoms with Gasteiger partial charge in [-0.2, -0.15) is 0 Å². The van der Waals surface area contributed by atoms with Gasteiger partial charge in [-0.05, 0) is 55.7 Å². The lowest BCUT2D eigenvalue weighted by molar-refractivity contribution is -0.140. The molecule has 11 heteroatoms. The fourth-order valence-electron chi connectivity index (χ4n) is 3.44. The summed E-state index contributed by atoms with van der Waals surface area (Å²) in [7, 11) is -3.80. The van der Waals surface area contributed by atoms with Crippen molar-refractivity contribution in [2.24, 2.45) is 0 Å². The number of carbonyl (C=O) groups excluding carboxylic acids is 2. The van der Waals surface area contributed by atoms with E-state index < -0.39 is 28.5 Å². The smallest absolute Gasteiger partial charge is 0.244 e. The Bertz CT molecular complexity index is 1160. The number of anilines is 1. The highest BCUT2D eigenvalue weighted by molar-refractivity contribution is 9.10. The van der Waals surface area contributed by atoms with Crippen LogP contribution in [-0.4, -0.2) is 50.0 Å². The molecule has 0 bridgehead atoms. The summed E-state index contributed by atoms with van der Waals surface area (Å²) >= 11 is 15.7. The third-order valence-electron chi connectivity index (χ3n) is 5.52. The van der Waals surface area contributed by atoms with Gasteiger partial charge in [-0.25, -0.2) is 8.42 Å². The van der Waals surface area contributed by atoms with E-state index in [9.17, 15) is 18.0 Å². The number of nitrogens with zero attached hydrogens (tertiary/aromatic N) is 2. The lowest BCUT2D eigenvalue weighted by atomic mass is 10.1. The highest BCUT2D eigenvalue weighted by atomic mass is 79.9. The predicted octanol–water partition coefficient (Wildman–Crippen LogP) is 5.24. The molecule has 0 fully saturated rings. The quantitative estimate of drug-likeness (QED) is 0.379. The Balaban J connectivity index is 2.48. The third kappa shape index (κ3) is 8.37. The first kappa shape index (κ1) is 29.4. The number of carbonyl (C=O) groups is 2. The van der Waals surface area contributed by atoms with Gasteiger partial charge in [0.2, 0.25) is 21.8 Å². The van der Waals surface area contributed by atoms with Gasteiger partial charge < -0.3 is 10.2 Å². The molecule has 0 aliphatic heterocycles. The Morgan fingerprint density at radius 1 is 1.09 bits per heavy atom. The third-order valence-corrected chi connectivity index (χ3v) is 7.74. The SMILES string of the molecule is CC[C@@H](C)NC(=O)[C@@H](CC)N(Cc1ccc(Cl)cc1Cl)C(=O)CN(c1cccc(Br)c1)S(C)(=O)=O. The number of halogens is 3. The number of benzene rings is 2. The van der Waals surface area contributed by atoms with E-state index in [2.05, 4.69) is 21.2 Å². The van der Waals surface area contributed by atoms with E-state index in [0.29, 0.717) is 32.2 Å². The average molecular weight is 607 g/mol. The normalized spacial score (nSPS) is 13.1. The molecule has 2 atom stereocenters. The lowest BCUT2D eigenvalue weighted by Gasteiger charge is -2.33. The average Bonchev–Trinajstić information content (AvgIpc) is 2.77. The van der Waals surface area contributed by atoms with Crippen LogP contribution in [0, 0.1) is 0 Å². The summed E-state index contributed by atoms with van der Waals surface area (Å²) in [6.45, 7) is 5.16. The Morgan fingerprint density at radius 2 is 1.77 bits per heavy atom. The fraction of sp³-hybridized carbons (Fsp3) is 0.417. The van der Waals surface area contributed by atoms with Crippen LogP contribution in [0.1, 0.15) is 39.2 Å². The molecule has 0 radical (unpaired) electrons. The maximum Gasteiger partial charge on any atom is 0.244 e. The molecule has 0 heterocycles. The topological polar surface area (TPSA) is 86.8 Å². The molecule has 1 N–H and O–H groups in total. The van der Waals surface area contributed by atoms with Gasteiger partial charge in [0, 0.05) is 27.1 Å². The molecule has 0 unspecified atom stereocenters. The van der Waals surface area contributed by atoms with Crippen LogP contribution < -0.4 is 9.62 Å². The van der Waals surface area contributed by atoms with Crippen molar-refractivity contribution in [1.29, 1.82) is 0 Å². The highest BCUT2D eigenvalue weighted by Gasteiger charge is 2.32. The largest absolute Gasteiger partial charge is 0.352 e. The Morgan fingerprint density at radius 3 is 2.31 bits per heavy atom. The lowest BCUT2D eigenvalue weighted by Crippen LogP contribution is -2.53. The summed E-state index contributed by atoms with van der Waals surface area (Å²) in [5, 5.41) is 3.71. The molecule has 0 aliphatic rings. The molecule has 0 saturated carbocycles. The van der Waals surface area contributed by atoms with Crippen LogP contribution in [0.15, 0.2) is 46.9 Å². The van der Waals surface area contributed by atoms with Gasteiger partial charge in [-0.3, -0.25) is 13.9 Å². The zero-order valence-electron chi connectivity index (χ0n) is 20.1. The minimum Gasteiger partial charge on any atom is -0.352 e. The number of hydrogen-bond donors (Lipinski definition) is 1. The number of rotatable bonds is 11. The molecule has 0 saturated heterocycles. The molecule has 192 valence electrons. The van der Waals surface area contributed by atoms with E-state index in [-0.39, 0.29) is 18.5 Å². The summed E-state index contributed by atoms with van der Waals surface area (Å²) in [6.07, 6.45) is 2.09. The molecule has 2 aromatic rings. The van der Waals surface area contributed by atoms with Crippen LogP contribution in [0.2, 0.25) is 10.0 Å². The van der Waals surface area contributed by atoms with E-state index in [1.807, 2.05) is 13.8 Å². The van der Waals surface area contributed by atoms with Gasteiger partial charge in [0.25, 0.3) is 0 Å². The van der Waals surface area contributed by atoms with Crippen LogP contribution in [0.25, 0.3) is 0 Å². The number of sulfonamides is 1. The Labute approximate surface area is 225 Å². The summed E-state index contributed by atoms with van der Waals surface area (Å²) in [4.78, 5) is 28.2. The van der Waals surface area contributed by atoms with E-state index >= 15 is 0 Å². The van der Waals surface area contributed by atoms with Gasteiger partial charge in [0.05, 0.1) is 11.9 Å². The van der Waals surface area contributed by atoms with Gasteiger partial charge >= 0.3 is 0 Å². The van der Waals surface area contributed by atoms with Crippen molar-refractivity contribution < 1.29 is 18.0 Å². The molecule has 0 aliphatic carbocycles. The first-order valence-electron chi connectivity index (χ1n) is 11.1. The van der Waals surface area contributed by atoms with Gasteiger partial charge in [0.15, 0.2) is 0 Å². The fourth-order valence-corrected chi connectivity index (χ4v) is 5.14. The zero-order chi connectivity index (χ0) is 26.3. The molecule has 7 nitrogen and oxygen atoms in total. The van der Waals surface area contributed by atoms with Crippen LogP contribution >= 0.6 is 39.1 Å². The van der Waals surface area contributed by atoms with Crippen molar-refractivity contribution in [3.8, 4) is 0 Å². The second-order valence-corrected chi connectivity index (χ2v) is 11.9. The van der Waals surface area contributed by atoms with Crippen molar-refractivity contribution in [2.75, 3.05) is 17.1 Å². The second kappa shape index (κ2) is 12.9. The zero-order valence-corrected chi connectivity index (χ0v) is 24.0. The summed E-state index contributed by atoms with van der Waals surface area (Å²) in [5.74, 6) is -0.846. The summed E-state index contributed by atoms with van der Waals surface area (Å²) < 4.78 is 27.0. The van der Waals surface area contributed by atoms with E-state index in [4.69, 9.17) is 23.2 Å². The van der Waals surface area contributed by atoms with Crippen molar-refractivity contribution in [1.82, 2.24) is 10.2 Å². The molecule has 2 rings (SSSR count). The minimum absolute atomic E-state index is 0.0113. The molecule has 2 aromatic carbocycles. The molecule has 0 spiro atoms. The van der Waals surface area contributed by atoms with Crippen LogP contribution in [0.4, 0.5) is 5.69 Å². The standard InChI is InChI=1S/C24H30BrCl2N3O4S/c1-5-16(3)28-24(32)22(6-2)29(14-17-10-11-19(26)13-21(17)27)23(31)15-30(35(4,33)34)20-9-7-8-18(25)12-20/h7-13,16,22H,5-6,14-15H2,1-4H3,(H,28,32)/t16-,22-/m1/s1. The first-order valence-corrected chi connectivity index (χ1v) is 14.5. The van der Waals surface area contributed by atoms with Crippen molar-refractivity contribution in [3.63, 3.8) is 0 Å². The maximum atomic E-state index is 13.7. The molecule has 2 amide bonds. The van der Waals surface area contributed by atoms with E-state index in [1.54, 1.807) is 49.4 Å². The second-order valence-electron chi connectivity index (χ2n) is 8.25. The molecule has 0 aromatic heterocycles. The molecular formula is C24H30BrCl2N3O4S. The predicted molar refractivity (Wildman–Crippen MR) is 145 cm³/mol. The van der Waals surface area contributed by atoms with E-state index in [1.165, 1.54) is 4.90 Å². The number of amides is 2. The van der Waals surface area contributed by atoms with E-state index in [0.717, 1.165) is 17.0 Å². The molecular weight excluding hydrogens is 577 g/mol. The Kier molecular flexibility index (Phi) is 10.9. The van der Waals surface area contributed by atoms with Crippen LogP contribution in [-0.2, 0) is 26.2 Å².